The predicted molar refractivity (Wildman–Crippen MR) is 109 cm³/mol. The fourth-order valence-corrected chi connectivity index (χ4v) is 4.00. The van der Waals surface area contributed by atoms with Gasteiger partial charge in [-0.25, -0.2) is 0 Å². The Balaban J connectivity index is 1.43. The van der Waals surface area contributed by atoms with Gasteiger partial charge in [-0.05, 0) is 35.4 Å². The van der Waals surface area contributed by atoms with Gasteiger partial charge in [-0.3, -0.25) is 19.5 Å². The number of aliphatic hydroxyl groups is 1. The summed E-state index contributed by atoms with van der Waals surface area (Å²) < 4.78 is 6.34. The van der Waals surface area contributed by atoms with Crippen molar-refractivity contribution in [1.82, 2.24) is 9.88 Å². The lowest BCUT2D eigenvalue weighted by Crippen LogP contribution is -2.50. The first-order chi connectivity index (χ1) is 14.1. The number of aromatic nitrogens is 1. The maximum absolute atomic E-state index is 12.8. The molecule has 2 aromatic rings. The Bertz CT molecular complexity index is 931. The number of benzene rings is 1. The summed E-state index contributed by atoms with van der Waals surface area (Å²) in [6.45, 7) is 2.09. The van der Waals surface area contributed by atoms with Gasteiger partial charge in [0.2, 0.25) is 0 Å². The zero-order chi connectivity index (χ0) is 20.3. The second kappa shape index (κ2) is 8.27. The van der Waals surface area contributed by atoms with Crippen LogP contribution >= 0.6 is 0 Å². The van der Waals surface area contributed by atoms with E-state index in [1.165, 1.54) is 11.6 Å². The molecule has 2 aliphatic heterocycles. The van der Waals surface area contributed by atoms with Crippen molar-refractivity contribution >= 4 is 17.6 Å². The lowest BCUT2D eigenvalue weighted by atomic mass is 9.82. The third kappa shape index (κ3) is 4.44. The lowest BCUT2D eigenvalue weighted by Gasteiger charge is -2.44. The fourth-order valence-electron chi connectivity index (χ4n) is 4.00. The van der Waals surface area contributed by atoms with Gasteiger partial charge in [-0.15, -0.1) is 0 Å². The van der Waals surface area contributed by atoms with E-state index in [-0.39, 0.29) is 11.6 Å². The number of Topliss-reactive ketones (excluding diaryl/α,β-unsaturated/α-hetero) is 1. The van der Waals surface area contributed by atoms with E-state index in [1.807, 2.05) is 18.3 Å². The highest BCUT2D eigenvalue weighted by atomic mass is 16.5. The highest BCUT2D eigenvalue weighted by molar-refractivity contribution is 6.01. The van der Waals surface area contributed by atoms with Gasteiger partial charge >= 0.3 is 0 Å². The molecule has 0 atom stereocenters. The van der Waals surface area contributed by atoms with Crippen molar-refractivity contribution in [3.8, 4) is 5.75 Å². The molecule has 4 rings (SSSR count). The van der Waals surface area contributed by atoms with Crippen LogP contribution in [0.1, 0.15) is 40.7 Å². The molecule has 2 aliphatic rings. The van der Waals surface area contributed by atoms with E-state index in [4.69, 9.17) is 9.84 Å². The standard InChI is InChI=1S/C23H24N2O4/c26-16-19(27)5-3-17-4-6-22-20(12-17)21(28)13-23(29-22)7-10-25(11-8-23)15-18-2-1-9-24-14-18/h1-6,9,12,14,26H,7-8,10-11,13,15-16H2/b5-3+. The number of nitrogens with zero attached hydrogens (tertiary/aromatic N) is 2. The van der Waals surface area contributed by atoms with Gasteiger partial charge in [0.05, 0.1) is 12.0 Å². The van der Waals surface area contributed by atoms with Crippen LogP contribution in [0, 0.1) is 0 Å². The smallest absolute Gasteiger partial charge is 0.181 e. The van der Waals surface area contributed by atoms with Gasteiger partial charge in [-0.1, -0.05) is 18.2 Å². The van der Waals surface area contributed by atoms with Crippen molar-refractivity contribution in [3.63, 3.8) is 0 Å². The molecule has 150 valence electrons. The van der Waals surface area contributed by atoms with E-state index >= 15 is 0 Å². The minimum absolute atomic E-state index is 0.0793. The molecule has 0 bridgehead atoms. The van der Waals surface area contributed by atoms with Crippen molar-refractivity contribution in [1.29, 1.82) is 0 Å². The molecule has 1 saturated heterocycles. The van der Waals surface area contributed by atoms with Crippen LogP contribution in [-0.2, 0) is 11.3 Å². The molecule has 0 radical (unpaired) electrons. The number of piperidine rings is 1. The summed E-state index contributed by atoms with van der Waals surface area (Å²) in [7, 11) is 0. The normalized spacial score (nSPS) is 18.6. The fraction of sp³-hybridized carbons (Fsp3) is 0.348. The van der Waals surface area contributed by atoms with Crippen molar-refractivity contribution in [2.75, 3.05) is 19.7 Å². The van der Waals surface area contributed by atoms with Crippen LogP contribution in [0.2, 0.25) is 0 Å². The van der Waals surface area contributed by atoms with E-state index in [2.05, 4.69) is 16.0 Å². The summed E-state index contributed by atoms with van der Waals surface area (Å²) in [5.41, 5.74) is 2.06. The Morgan fingerprint density at radius 3 is 2.83 bits per heavy atom. The summed E-state index contributed by atoms with van der Waals surface area (Å²) >= 11 is 0. The minimum Gasteiger partial charge on any atom is -0.486 e. The molecule has 1 N–H and O–H groups in total. The number of likely N-dealkylation sites (tertiary alicyclic amines) is 1. The number of aliphatic hydroxyl groups excluding tert-OH is 1. The van der Waals surface area contributed by atoms with Gasteiger partial charge in [0, 0.05) is 44.9 Å². The highest BCUT2D eigenvalue weighted by Gasteiger charge is 2.42. The molecular weight excluding hydrogens is 368 g/mol. The van der Waals surface area contributed by atoms with E-state index in [0.717, 1.165) is 38.0 Å². The molecule has 0 aliphatic carbocycles. The monoisotopic (exact) mass is 392 g/mol. The van der Waals surface area contributed by atoms with Crippen molar-refractivity contribution in [2.24, 2.45) is 0 Å². The number of ether oxygens (including phenoxy) is 1. The number of hydrogen-bond donors (Lipinski definition) is 1. The van der Waals surface area contributed by atoms with Crippen LogP contribution < -0.4 is 4.74 Å². The first-order valence-electron chi connectivity index (χ1n) is 9.86. The van der Waals surface area contributed by atoms with Gasteiger partial charge in [0.1, 0.15) is 18.0 Å². The highest BCUT2D eigenvalue weighted by Crippen LogP contribution is 2.40. The van der Waals surface area contributed by atoms with Gasteiger partial charge < -0.3 is 9.84 Å². The number of carbonyl (C=O) groups excluding carboxylic acids is 2. The molecule has 6 heteroatoms. The average molecular weight is 392 g/mol. The zero-order valence-electron chi connectivity index (χ0n) is 16.2. The second-order valence-corrected chi connectivity index (χ2v) is 7.74. The van der Waals surface area contributed by atoms with Crippen molar-refractivity contribution < 1.29 is 19.4 Å². The zero-order valence-corrected chi connectivity index (χ0v) is 16.2. The van der Waals surface area contributed by atoms with E-state index in [9.17, 15) is 9.59 Å². The molecule has 29 heavy (non-hydrogen) atoms. The second-order valence-electron chi connectivity index (χ2n) is 7.74. The summed E-state index contributed by atoms with van der Waals surface area (Å²) in [6, 6.07) is 9.41. The van der Waals surface area contributed by atoms with E-state index in [0.29, 0.717) is 17.7 Å². The van der Waals surface area contributed by atoms with E-state index in [1.54, 1.807) is 24.4 Å². The number of hydrogen-bond acceptors (Lipinski definition) is 6. The van der Waals surface area contributed by atoms with Gasteiger partial charge in [-0.2, -0.15) is 0 Å². The largest absolute Gasteiger partial charge is 0.486 e. The van der Waals surface area contributed by atoms with Crippen LogP contribution in [0.4, 0.5) is 0 Å². The molecule has 1 aromatic carbocycles. The minimum atomic E-state index is -0.524. The number of fused-ring (bicyclic) bond motifs is 1. The van der Waals surface area contributed by atoms with Crippen molar-refractivity contribution in [2.45, 2.75) is 31.4 Å². The first kappa shape index (κ1) is 19.5. The first-order valence-corrected chi connectivity index (χ1v) is 9.86. The van der Waals surface area contributed by atoms with Crippen LogP contribution in [0.25, 0.3) is 6.08 Å². The summed E-state index contributed by atoms with van der Waals surface area (Å²) in [6.07, 6.45) is 8.59. The maximum atomic E-state index is 12.8. The molecule has 0 unspecified atom stereocenters. The quantitative estimate of drug-likeness (QED) is 0.788. The summed E-state index contributed by atoms with van der Waals surface area (Å²) in [5, 5.41) is 8.81. The molecule has 1 aromatic heterocycles. The molecule has 1 spiro atoms. The number of rotatable bonds is 5. The number of pyridine rings is 1. The van der Waals surface area contributed by atoms with Crippen LogP contribution in [0.3, 0.4) is 0 Å². The summed E-state index contributed by atoms with van der Waals surface area (Å²) in [4.78, 5) is 30.6. The Labute approximate surface area is 169 Å². The molecule has 0 amide bonds. The Hall–Kier alpha value is -2.83. The molecule has 1 fully saturated rings. The van der Waals surface area contributed by atoms with E-state index < -0.39 is 12.2 Å². The lowest BCUT2D eigenvalue weighted by molar-refractivity contribution is -0.117. The average Bonchev–Trinajstić information content (AvgIpc) is 2.75. The Kier molecular flexibility index (Phi) is 5.56. The third-order valence-corrected chi connectivity index (χ3v) is 5.63. The van der Waals surface area contributed by atoms with Crippen LogP contribution in [0.5, 0.6) is 5.75 Å². The van der Waals surface area contributed by atoms with Crippen LogP contribution in [0.15, 0.2) is 48.8 Å². The topological polar surface area (TPSA) is 79.7 Å². The molecular formula is C23H24N2O4. The van der Waals surface area contributed by atoms with Crippen LogP contribution in [-0.4, -0.2) is 51.9 Å². The Morgan fingerprint density at radius 1 is 1.28 bits per heavy atom. The molecule has 0 saturated carbocycles. The summed E-state index contributed by atoms with van der Waals surface area (Å²) in [5.74, 6) is 0.325. The third-order valence-electron chi connectivity index (χ3n) is 5.63. The van der Waals surface area contributed by atoms with Gasteiger partial charge in [0.25, 0.3) is 0 Å². The SMILES string of the molecule is O=C(/C=C/c1ccc2c(c1)C(=O)CC1(CCN(Cc3cccnc3)CC1)O2)CO. The molecule has 3 heterocycles. The predicted octanol–water partition coefficient (Wildman–Crippen LogP) is 2.66. The van der Waals surface area contributed by atoms with Crippen molar-refractivity contribution in [3.05, 3.63) is 65.5 Å². The maximum Gasteiger partial charge on any atom is 0.181 e. The Morgan fingerprint density at radius 2 is 2.10 bits per heavy atom. The molecule has 6 nitrogen and oxygen atoms in total. The number of ketones is 2. The van der Waals surface area contributed by atoms with Gasteiger partial charge in [0.15, 0.2) is 11.6 Å². The number of carbonyl (C=O) groups is 2.